The highest BCUT2D eigenvalue weighted by atomic mass is 16.6. The Balaban J connectivity index is 1.65. The fourth-order valence-corrected chi connectivity index (χ4v) is 5.11. The van der Waals surface area contributed by atoms with Crippen LogP contribution in [0.4, 0.5) is 0 Å². The summed E-state index contributed by atoms with van der Waals surface area (Å²) < 4.78 is 28.5. The molecule has 0 saturated heterocycles. The standard InChI is InChI=1S/C36H45N3O8/c1-35(2,3)47-31(41)18-20-36(34(42)39-37-21-19-25-10-14-28(43-4)15-11-25)32(27-8-6-9-30(24-27)44-5)46-33(38-36)26-12-16-29(17-13-26)45-23-7-22-40/h6,8-17,24,32,37,40H,7,18-23H2,1-5H3,(H,39,42)/t32-,36-/m0/s1. The van der Waals surface area contributed by atoms with Gasteiger partial charge in [0.25, 0.3) is 5.91 Å². The number of nitrogens with zero attached hydrogens (tertiary/aromatic N) is 1. The van der Waals surface area contributed by atoms with Crippen molar-refractivity contribution in [1.29, 1.82) is 0 Å². The van der Waals surface area contributed by atoms with Crippen molar-refractivity contribution < 1.29 is 38.4 Å². The fraction of sp³-hybridized carbons (Fsp3) is 0.417. The third kappa shape index (κ3) is 9.69. The number of hydrogen-bond donors (Lipinski definition) is 3. The lowest BCUT2D eigenvalue weighted by atomic mass is 9.83. The SMILES string of the molecule is COc1ccc(CCNNC(=O)[C@@]2(CCC(=O)OC(C)(C)C)N=C(c3ccc(OCCCO)cc3)O[C@H]2c2cccc(OC)c2)cc1. The largest absolute Gasteiger partial charge is 0.497 e. The topological polar surface area (TPSA) is 137 Å². The van der Waals surface area contributed by atoms with Crippen molar-refractivity contribution in [2.75, 3.05) is 34.0 Å². The molecule has 1 aliphatic heterocycles. The third-order valence-corrected chi connectivity index (χ3v) is 7.46. The first-order valence-electron chi connectivity index (χ1n) is 15.7. The molecule has 3 aromatic carbocycles. The molecule has 0 saturated carbocycles. The van der Waals surface area contributed by atoms with Gasteiger partial charge in [0.2, 0.25) is 5.90 Å². The van der Waals surface area contributed by atoms with Crippen molar-refractivity contribution in [3.8, 4) is 17.2 Å². The van der Waals surface area contributed by atoms with E-state index in [-0.39, 0.29) is 25.3 Å². The van der Waals surface area contributed by atoms with Crippen LogP contribution in [0.2, 0.25) is 0 Å². The number of benzene rings is 3. The first-order chi connectivity index (χ1) is 22.6. The van der Waals surface area contributed by atoms with Crippen LogP contribution in [0.5, 0.6) is 17.2 Å². The summed E-state index contributed by atoms with van der Waals surface area (Å²) in [5, 5.41) is 9.06. The molecular formula is C36H45N3O8. The number of methoxy groups -OCH3 is 2. The van der Waals surface area contributed by atoms with Crippen LogP contribution in [0, 0.1) is 0 Å². The second kappa shape index (κ2) is 16.3. The number of aliphatic hydroxyl groups is 1. The second-order valence-corrected chi connectivity index (χ2v) is 12.1. The van der Waals surface area contributed by atoms with E-state index in [4.69, 9.17) is 33.8 Å². The minimum Gasteiger partial charge on any atom is -0.497 e. The maximum Gasteiger partial charge on any atom is 0.306 e. The van der Waals surface area contributed by atoms with Crippen LogP contribution in [-0.4, -0.2) is 68.0 Å². The molecule has 11 nitrogen and oxygen atoms in total. The van der Waals surface area contributed by atoms with Gasteiger partial charge in [-0.1, -0.05) is 24.3 Å². The molecule has 0 bridgehead atoms. The molecule has 4 rings (SSSR count). The Hall–Kier alpha value is -4.61. The van der Waals surface area contributed by atoms with Crippen molar-refractivity contribution in [1.82, 2.24) is 10.9 Å². The number of hydrogen-bond acceptors (Lipinski definition) is 10. The number of aliphatic imine (C=N–C) groups is 1. The van der Waals surface area contributed by atoms with E-state index >= 15 is 0 Å². The van der Waals surface area contributed by atoms with Gasteiger partial charge in [0.1, 0.15) is 22.8 Å². The summed E-state index contributed by atoms with van der Waals surface area (Å²) in [5.41, 5.74) is 6.01. The molecule has 0 aliphatic carbocycles. The molecule has 252 valence electrons. The molecule has 0 spiro atoms. The zero-order valence-corrected chi connectivity index (χ0v) is 27.7. The maximum atomic E-state index is 14.3. The first-order valence-corrected chi connectivity index (χ1v) is 15.7. The molecule has 2 atom stereocenters. The predicted molar refractivity (Wildman–Crippen MR) is 178 cm³/mol. The van der Waals surface area contributed by atoms with E-state index < -0.39 is 29.1 Å². The number of rotatable bonds is 16. The third-order valence-electron chi connectivity index (χ3n) is 7.46. The van der Waals surface area contributed by atoms with Crippen LogP contribution < -0.4 is 25.1 Å². The van der Waals surface area contributed by atoms with E-state index in [0.717, 1.165) is 11.3 Å². The van der Waals surface area contributed by atoms with Crippen LogP contribution in [-0.2, 0) is 25.5 Å². The van der Waals surface area contributed by atoms with Gasteiger partial charge in [-0.05, 0) is 93.3 Å². The van der Waals surface area contributed by atoms with E-state index in [1.165, 1.54) is 0 Å². The molecule has 1 amide bonds. The highest BCUT2D eigenvalue weighted by Crippen LogP contribution is 2.44. The average molecular weight is 648 g/mol. The van der Waals surface area contributed by atoms with Gasteiger partial charge in [-0.25, -0.2) is 10.4 Å². The van der Waals surface area contributed by atoms with Gasteiger partial charge in [0.15, 0.2) is 11.6 Å². The monoisotopic (exact) mass is 647 g/mol. The minimum absolute atomic E-state index is 0.0155. The lowest BCUT2D eigenvalue weighted by Crippen LogP contribution is -2.53. The van der Waals surface area contributed by atoms with Gasteiger partial charge in [-0.15, -0.1) is 0 Å². The van der Waals surface area contributed by atoms with Crippen molar-refractivity contribution in [2.24, 2.45) is 4.99 Å². The zero-order chi connectivity index (χ0) is 33.9. The van der Waals surface area contributed by atoms with E-state index in [2.05, 4.69) is 10.9 Å². The van der Waals surface area contributed by atoms with Crippen LogP contribution in [0.3, 0.4) is 0 Å². The number of amides is 1. The van der Waals surface area contributed by atoms with E-state index in [9.17, 15) is 9.59 Å². The van der Waals surface area contributed by atoms with Crippen molar-refractivity contribution in [3.63, 3.8) is 0 Å². The van der Waals surface area contributed by atoms with Gasteiger partial charge in [0, 0.05) is 31.6 Å². The number of nitrogens with one attached hydrogen (secondary N) is 2. The zero-order valence-electron chi connectivity index (χ0n) is 27.7. The Morgan fingerprint density at radius 1 is 0.957 bits per heavy atom. The summed E-state index contributed by atoms with van der Waals surface area (Å²) in [5.74, 6) is 1.32. The van der Waals surface area contributed by atoms with Crippen molar-refractivity contribution >= 4 is 17.8 Å². The molecule has 47 heavy (non-hydrogen) atoms. The normalized spacial score (nSPS) is 17.3. The molecular weight excluding hydrogens is 602 g/mol. The Morgan fingerprint density at radius 3 is 2.32 bits per heavy atom. The quantitative estimate of drug-likeness (QED) is 0.115. The number of carbonyl (C=O) groups is 2. The lowest BCUT2D eigenvalue weighted by Gasteiger charge is -2.31. The minimum atomic E-state index is -1.54. The highest BCUT2D eigenvalue weighted by molar-refractivity contribution is 6.01. The molecule has 0 unspecified atom stereocenters. The summed E-state index contributed by atoms with van der Waals surface area (Å²) in [7, 11) is 3.19. The molecule has 0 aromatic heterocycles. The van der Waals surface area contributed by atoms with Gasteiger partial charge in [-0.2, -0.15) is 0 Å². The van der Waals surface area contributed by atoms with Crippen LogP contribution in [0.25, 0.3) is 0 Å². The summed E-state index contributed by atoms with van der Waals surface area (Å²) in [6.07, 6.45) is 0.213. The molecule has 3 aromatic rings. The van der Waals surface area contributed by atoms with Crippen LogP contribution >= 0.6 is 0 Å². The Kier molecular flexibility index (Phi) is 12.2. The van der Waals surface area contributed by atoms with E-state index in [1.54, 1.807) is 71.4 Å². The van der Waals surface area contributed by atoms with Crippen LogP contribution in [0.1, 0.15) is 62.8 Å². The summed E-state index contributed by atoms with van der Waals surface area (Å²) in [4.78, 5) is 32.2. The number of ether oxygens (including phenoxy) is 5. The molecule has 11 heteroatoms. The van der Waals surface area contributed by atoms with Gasteiger partial charge in [-0.3, -0.25) is 15.0 Å². The second-order valence-electron chi connectivity index (χ2n) is 12.1. The average Bonchev–Trinajstić information content (AvgIpc) is 3.46. The van der Waals surface area contributed by atoms with Gasteiger partial charge in [0.05, 0.1) is 20.8 Å². The number of hydrazine groups is 1. The van der Waals surface area contributed by atoms with E-state index in [0.29, 0.717) is 48.6 Å². The number of aliphatic hydroxyl groups excluding tert-OH is 1. The Bertz CT molecular complexity index is 1500. The first kappa shape index (κ1) is 35.2. The predicted octanol–water partition coefficient (Wildman–Crippen LogP) is 4.71. The smallest absolute Gasteiger partial charge is 0.306 e. The van der Waals surface area contributed by atoms with E-state index in [1.807, 2.05) is 36.4 Å². The molecule has 1 heterocycles. The Morgan fingerprint density at radius 2 is 1.66 bits per heavy atom. The fourth-order valence-electron chi connectivity index (χ4n) is 5.11. The molecule has 0 radical (unpaired) electrons. The van der Waals surface area contributed by atoms with Gasteiger partial charge < -0.3 is 28.8 Å². The van der Waals surface area contributed by atoms with Crippen molar-refractivity contribution in [2.45, 2.75) is 63.7 Å². The summed E-state index contributed by atoms with van der Waals surface area (Å²) in [6, 6.07) is 22.1. The highest BCUT2D eigenvalue weighted by Gasteiger charge is 2.53. The summed E-state index contributed by atoms with van der Waals surface area (Å²) >= 11 is 0. The number of esters is 1. The maximum absolute atomic E-state index is 14.3. The van der Waals surface area contributed by atoms with Crippen LogP contribution in [0.15, 0.2) is 77.8 Å². The number of carbonyl (C=O) groups excluding carboxylic acids is 2. The Labute approximate surface area is 276 Å². The van der Waals surface area contributed by atoms with Crippen molar-refractivity contribution in [3.05, 3.63) is 89.5 Å². The molecule has 3 N–H and O–H groups in total. The molecule has 1 aliphatic rings. The van der Waals surface area contributed by atoms with Gasteiger partial charge >= 0.3 is 5.97 Å². The lowest BCUT2D eigenvalue weighted by molar-refractivity contribution is -0.155. The molecule has 0 fully saturated rings. The summed E-state index contributed by atoms with van der Waals surface area (Å²) in [6.45, 7) is 6.25.